The van der Waals surface area contributed by atoms with Crippen LogP contribution < -0.4 is 10.6 Å². The van der Waals surface area contributed by atoms with E-state index in [0.717, 1.165) is 18.1 Å². The van der Waals surface area contributed by atoms with Gasteiger partial charge in [-0.25, -0.2) is 4.98 Å². The maximum Gasteiger partial charge on any atom is 0.147 e. The summed E-state index contributed by atoms with van der Waals surface area (Å²) in [5, 5.41) is 7.31. The molecule has 0 saturated carbocycles. The van der Waals surface area contributed by atoms with Crippen molar-refractivity contribution in [2.45, 2.75) is 26.8 Å². The molecule has 0 aliphatic rings. The predicted octanol–water partition coefficient (Wildman–Crippen LogP) is 4.89. The maximum atomic E-state index is 6.17. The van der Waals surface area contributed by atoms with Crippen molar-refractivity contribution in [2.75, 3.05) is 17.2 Å². The summed E-state index contributed by atoms with van der Waals surface area (Å²) in [6.07, 6.45) is 0. The molecule has 0 saturated heterocycles. The van der Waals surface area contributed by atoms with E-state index in [1.165, 1.54) is 0 Å². The van der Waals surface area contributed by atoms with Gasteiger partial charge in [0.2, 0.25) is 0 Å². The van der Waals surface area contributed by atoms with E-state index in [9.17, 15) is 0 Å². The minimum atomic E-state index is -0.0376. The van der Waals surface area contributed by atoms with Crippen molar-refractivity contribution in [1.29, 1.82) is 0 Å². The van der Waals surface area contributed by atoms with Crippen LogP contribution in [0.25, 0.3) is 0 Å². The Morgan fingerprint density at radius 3 is 2.55 bits per heavy atom. The van der Waals surface area contributed by atoms with Crippen LogP contribution >= 0.6 is 23.2 Å². The van der Waals surface area contributed by atoms with Crippen molar-refractivity contribution >= 4 is 34.8 Å². The molecule has 2 rings (SSSR count). The summed E-state index contributed by atoms with van der Waals surface area (Å²) in [5.41, 5.74) is 0. The molecule has 0 fully saturated rings. The van der Waals surface area contributed by atoms with Gasteiger partial charge in [-0.15, -0.1) is 0 Å². The van der Waals surface area contributed by atoms with E-state index in [1.807, 2.05) is 32.9 Å². The molecule has 1 unspecified atom stereocenters. The van der Waals surface area contributed by atoms with E-state index in [4.69, 9.17) is 27.6 Å². The van der Waals surface area contributed by atoms with E-state index >= 15 is 0 Å². The largest absolute Gasteiger partial charge is 0.464 e. The Hall–Kier alpha value is -1.39. The van der Waals surface area contributed by atoms with Gasteiger partial charge in [0.15, 0.2) is 0 Å². The predicted molar refractivity (Wildman–Crippen MR) is 83.9 cm³/mol. The van der Waals surface area contributed by atoms with Crippen molar-refractivity contribution < 1.29 is 4.42 Å². The minimum Gasteiger partial charge on any atom is -0.464 e. The summed E-state index contributed by atoms with van der Waals surface area (Å²) in [4.78, 5) is 4.41. The van der Waals surface area contributed by atoms with Gasteiger partial charge in [0.25, 0.3) is 0 Å². The highest BCUT2D eigenvalue weighted by Crippen LogP contribution is 2.31. The SMILES string of the molecule is CCNc1nc(NC(C)c2ccc(C)o2)c(Cl)cc1Cl. The Balaban J connectivity index is 2.22. The number of halogens is 2. The van der Waals surface area contributed by atoms with Gasteiger partial charge in [0, 0.05) is 6.54 Å². The van der Waals surface area contributed by atoms with Crippen molar-refractivity contribution in [2.24, 2.45) is 0 Å². The Morgan fingerprint density at radius 2 is 1.95 bits per heavy atom. The van der Waals surface area contributed by atoms with Crippen molar-refractivity contribution in [3.63, 3.8) is 0 Å². The maximum absolute atomic E-state index is 6.17. The highest BCUT2D eigenvalue weighted by atomic mass is 35.5. The van der Waals surface area contributed by atoms with Gasteiger partial charge in [-0.3, -0.25) is 0 Å². The summed E-state index contributed by atoms with van der Waals surface area (Å²) in [7, 11) is 0. The molecule has 2 heterocycles. The lowest BCUT2D eigenvalue weighted by Crippen LogP contribution is -2.09. The number of nitrogens with zero attached hydrogens (tertiary/aromatic N) is 1. The van der Waals surface area contributed by atoms with Gasteiger partial charge in [0.1, 0.15) is 23.2 Å². The molecule has 2 aromatic heterocycles. The number of aryl methyl sites for hydroxylation is 1. The fourth-order valence-electron chi connectivity index (χ4n) is 1.82. The van der Waals surface area contributed by atoms with Gasteiger partial charge < -0.3 is 15.1 Å². The molecule has 0 aliphatic heterocycles. The van der Waals surface area contributed by atoms with Crippen LogP contribution in [0, 0.1) is 6.92 Å². The molecule has 0 radical (unpaired) electrons. The number of pyridine rings is 1. The smallest absolute Gasteiger partial charge is 0.147 e. The van der Waals surface area contributed by atoms with E-state index in [0.29, 0.717) is 21.7 Å². The number of hydrogen-bond acceptors (Lipinski definition) is 4. The zero-order valence-electron chi connectivity index (χ0n) is 11.6. The fraction of sp³-hybridized carbons (Fsp3) is 0.357. The normalized spacial score (nSPS) is 12.2. The first kappa shape index (κ1) is 15.0. The number of aromatic nitrogens is 1. The summed E-state index contributed by atoms with van der Waals surface area (Å²) in [6.45, 7) is 6.61. The molecule has 108 valence electrons. The minimum absolute atomic E-state index is 0.0376. The van der Waals surface area contributed by atoms with Gasteiger partial charge in [-0.1, -0.05) is 23.2 Å². The summed E-state index contributed by atoms with van der Waals surface area (Å²) in [5.74, 6) is 2.90. The first-order chi connectivity index (χ1) is 9.51. The Morgan fingerprint density at radius 1 is 1.25 bits per heavy atom. The van der Waals surface area contributed by atoms with Crippen LogP contribution in [0.3, 0.4) is 0 Å². The number of hydrogen-bond donors (Lipinski definition) is 2. The van der Waals surface area contributed by atoms with Crippen LogP contribution in [0.1, 0.15) is 31.4 Å². The van der Waals surface area contributed by atoms with E-state index in [-0.39, 0.29) is 6.04 Å². The molecule has 2 aromatic rings. The zero-order valence-corrected chi connectivity index (χ0v) is 13.1. The topological polar surface area (TPSA) is 50.1 Å². The summed E-state index contributed by atoms with van der Waals surface area (Å²) < 4.78 is 5.58. The van der Waals surface area contributed by atoms with Crippen LogP contribution in [-0.2, 0) is 0 Å². The fourth-order valence-corrected chi connectivity index (χ4v) is 2.30. The molecule has 2 N–H and O–H groups in total. The number of anilines is 2. The lowest BCUT2D eigenvalue weighted by Gasteiger charge is -2.15. The number of nitrogens with one attached hydrogen (secondary N) is 2. The van der Waals surface area contributed by atoms with Crippen LogP contribution in [-0.4, -0.2) is 11.5 Å². The second-order valence-electron chi connectivity index (χ2n) is 4.49. The number of furan rings is 1. The Kier molecular flexibility index (Phi) is 4.78. The summed E-state index contributed by atoms with van der Waals surface area (Å²) in [6, 6.07) is 5.50. The van der Waals surface area contributed by atoms with Crippen LogP contribution in [0.4, 0.5) is 11.6 Å². The van der Waals surface area contributed by atoms with Crippen LogP contribution in [0.5, 0.6) is 0 Å². The third kappa shape index (κ3) is 3.38. The third-order valence-corrected chi connectivity index (χ3v) is 3.39. The summed E-state index contributed by atoms with van der Waals surface area (Å²) >= 11 is 12.3. The highest BCUT2D eigenvalue weighted by Gasteiger charge is 2.14. The van der Waals surface area contributed by atoms with Crippen LogP contribution in [0.2, 0.25) is 10.0 Å². The molecule has 0 aliphatic carbocycles. The molecule has 0 amide bonds. The molecular weight excluding hydrogens is 297 g/mol. The Bertz CT molecular complexity index is 598. The average molecular weight is 314 g/mol. The lowest BCUT2D eigenvalue weighted by atomic mass is 10.2. The van der Waals surface area contributed by atoms with Gasteiger partial charge in [-0.05, 0) is 39.0 Å². The zero-order chi connectivity index (χ0) is 14.7. The highest BCUT2D eigenvalue weighted by molar-refractivity contribution is 6.37. The first-order valence-corrected chi connectivity index (χ1v) is 7.19. The van der Waals surface area contributed by atoms with Gasteiger partial charge in [0.05, 0.1) is 16.1 Å². The molecule has 0 bridgehead atoms. The second kappa shape index (κ2) is 6.37. The van der Waals surface area contributed by atoms with Gasteiger partial charge >= 0.3 is 0 Å². The lowest BCUT2D eigenvalue weighted by molar-refractivity contribution is 0.466. The second-order valence-corrected chi connectivity index (χ2v) is 5.31. The van der Waals surface area contributed by atoms with E-state index in [1.54, 1.807) is 6.07 Å². The van der Waals surface area contributed by atoms with Crippen molar-refractivity contribution in [3.05, 3.63) is 39.8 Å². The van der Waals surface area contributed by atoms with Crippen LogP contribution in [0.15, 0.2) is 22.6 Å². The van der Waals surface area contributed by atoms with E-state index in [2.05, 4.69) is 15.6 Å². The quantitative estimate of drug-likeness (QED) is 0.824. The Labute approximate surface area is 128 Å². The standard InChI is InChI=1S/C14H17Cl2N3O/c1-4-17-13-10(15)7-11(16)14(19-13)18-9(3)12-6-5-8(2)20-12/h5-7,9H,4H2,1-3H3,(H2,17,18,19). The molecular formula is C14H17Cl2N3O. The third-order valence-electron chi connectivity index (χ3n) is 2.81. The van der Waals surface area contributed by atoms with Crippen molar-refractivity contribution in [1.82, 2.24) is 4.98 Å². The van der Waals surface area contributed by atoms with Gasteiger partial charge in [-0.2, -0.15) is 0 Å². The molecule has 1 atom stereocenters. The first-order valence-electron chi connectivity index (χ1n) is 6.44. The molecule has 6 heteroatoms. The monoisotopic (exact) mass is 313 g/mol. The average Bonchev–Trinajstić information content (AvgIpc) is 2.82. The van der Waals surface area contributed by atoms with Crippen molar-refractivity contribution in [3.8, 4) is 0 Å². The molecule has 0 spiro atoms. The molecule has 20 heavy (non-hydrogen) atoms. The molecule has 0 aromatic carbocycles. The number of rotatable bonds is 5. The van der Waals surface area contributed by atoms with E-state index < -0.39 is 0 Å². The molecule has 4 nitrogen and oxygen atoms in total.